The molecule has 0 aliphatic carbocycles. The minimum Gasteiger partial charge on any atom is -0.383 e. The summed E-state index contributed by atoms with van der Waals surface area (Å²) in [4.78, 5) is 16.1. The molecule has 8 nitrogen and oxygen atoms in total. The van der Waals surface area contributed by atoms with Crippen LogP contribution in [0.1, 0.15) is 19.0 Å². The number of anilines is 1. The Morgan fingerprint density at radius 1 is 1.48 bits per heavy atom. The fourth-order valence-corrected chi connectivity index (χ4v) is 2.28. The zero-order valence-corrected chi connectivity index (χ0v) is 12.7. The van der Waals surface area contributed by atoms with Crippen molar-refractivity contribution in [1.29, 1.82) is 0 Å². The molecule has 0 aromatic carbocycles. The van der Waals surface area contributed by atoms with Crippen LogP contribution in [-0.4, -0.2) is 45.5 Å². The van der Waals surface area contributed by atoms with Gasteiger partial charge in [-0.3, -0.25) is 9.36 Å². The van der Waals surface area contributed by atoms with Crippen LogP contribution < -0.4 is 11.1 Å². The summed E-state index contributed by atoms with van der Waals surface area (Å²) >= 11 is 0. The summed E-state index contributed by atoms with van der Waals surface area (Å²) in [7, 11) is 1.60. The van der Waals surface area contributed by atoms with Crippen molar-refractivity contribution < 1.29 is 9.53 Å². The highest BCUT2D eigenvalue weighted by Crippen LogP contribution is 2.21. The predicted molar refractivity (Wildman–Crippen MR) is 79.8 cm³/mol. The summed E-state index contributed by atoms with van der Waals surface area (Å²) in [5, 5.41) is 7.20. The zero-order chi connectivity index (χ0) is 15.4. The molecule has 2 heterocycles. The number of fused-ring (bicyclic) bond motifs is 1. The van der Waals surface area contributed by atoms with E-state index in [1.165, 1.54) is 0 Å². The summed E-state index contributed by atoms with van der Waals surface area (Å²) in [6, 6.07) is 0. The Morgan fingerprint density at radius 3 is 2.90 bits per heavy atom. The van der Waals surface area contributed by atoms with Crippen LogP contribution in [-0.2, 0) is 22.6 Å². The summed E-state index contributed by atoms with van der Waals surface area (Å²) in [6.45, 7) is 6.14. The van der Waals surface area contributed by atoms with E-state index in [0.29, 0.717) is 32.1 Å². The third-order valence-electron chi connectivity index (χ3n) is 3.32. The minimum atomic E-state index is -0.0346. The first kappa shape index (κ1) is 15.3. The molecule has 3 N–H and O–H groups in total. The van der Waals surface area contributed by atoms with E-state index in [1.54, 1.807) is 7.11 Å². The SMILES string of the molecule is CCn1nc(C)c2nc(N)n(CCC(=O)NCCOC)c21. The molecule has 0 aliphatic rings. The van der Waals surface area contributed by atoms with E-state index < -0.39 is 0 Å². The molecule has 0 unspecified atom stereocenters. The molecule has 0 saturated heterocycles. The first-order valence-corrected chi connectivity index (χ1v) is 7.03. The number of hydrogen-bond donors (Lipinski definition) is 2. The maximum atomic E-state index is 11.8. The highest BCUT2D eigenvalue weighted by atomic mass is 16.5. The lowest BCUT2D eigenvalue weighted by molar-refractivity contribution is -0.121. The second-order valence-corrected chi connectivity index (χ2v) is 4.79. The fourth-order valence-electron chi connectivity index (χ4n) is 2.28. The average Bonchev–Trinajstić information content (AvgIpc) is 2.94. The Balaban J connectivity index is 2.11. The lowest BCUT2D eigenvalue weighted by atomic mass is 10.4. The molecule has 0 bridgehead atoms. The summed E-state index contributed by atoms with van der Waals surface area (Å²) < 4.78 is 8.59. The Kier molecular flexibility index (Phi) is 4.79. The van der Waals surface area contributed by atoms with E-state index in [-0.39, 0.29) is 5.91 Å². The van der Waals surface area contributed by atoms with Crippen LogP contribution in [0.4, 0.5) is 5.95 Å². The standard InChI is InChI=1S/C13H22N6O2/c1-4-19-12-11(9(2)17-19)16-13(14)18(12)7-5-10(20)15-6-8-21-3/h4-8H2,1-3H3,(H2,14,16)(H,15,20). The van der Waals surface area contributed by atoms with Gasteiger partial charge < -0.3 is 15.8 Å². The predicted octanol–water partition coefficient (Wildman–Crippen LogP) is 0.296. The average molecular weight is 294 g/mol. The van der Waals surface area contributed by atoms with Crippen LogP contribution in [0.5, 0.6) is 0 Å². The summed E-state index contributed by atoms with van der Waals surface area (Å²) in [5.41, 5.74) is 8.48. The molecular formula is C13H22N6O2. The van der Waals surface area contributed by atoms with Gasteiger partial charge in [-0.05, 0) is 13.8 Å². The number of rotatable bonds is 7. The Hall–Kier alpha value is -2.09. The number of imidazole rings is 1. The van der Waals surface area contributed by atoms with Gasteiger partial charge in [0.2, 0.25) is 11.9 Å². The second kappa shape index (κ2) is 6.57. The normalized spacial score (nSPS) is 11.2. The molecule has 0 saturated carbocycles. The van der Waals surface area contributed by atoms with Crippen molar-refractivity contribution in [3.05, 3.63) is 5.69 Å². The van der Waals surface area contributed by atoms with Gasteiger partial charge in [0.25, 0.3) is 0 Å². The van der Waals surface area contributed by atoms with Crippen molar-refractivity contribution >= 4 is 23.0 Å². The fraction of sp³-hybridized carbons (Fsp3) is 0.615. The van der Waals surface area contributed by atoms with Crippen molar-refractivity contribution in [2.24, 2.45) is 0 Å². The van der Waals surface area contributed by atoms with E-state index in [0.717, 1.165) is 23.4 Å². The third-order valence-corrected chi connectivity index (χ3v) is 3.32. The number of amides is 1. The molecule has 1 amide bonds. The zero-order valence-electron chi connectivity index (χ0n) is 12.7. The maximum absolute atomic E-state index is 11.8. The van der Waals surface area contributed by atoms with Gasteiger partial charge in [-0.2, -0.15) is 5.10 Å². The number of aryl methyl sites for hydroxylation is 3. The van der Waals surface area contributed by atoms with Gasteiger partial charge in [-0.15, -0.1) is 0 Å². The third kappa shape index (κ3) is 3.15. The number of nitrogen functional groups attached to an aromatic ring is 1. The largest absolute Gasteiger partial charge is 0.383 e. The van der Waals surface area contributed by atoms with Crippen molar-refractivity contribution in [1.82, 2.24) is 24.6 Å². The molecule has 2 aromatic heterocycles. The van der Waals surface area contributed by atoms with Gasteiger partial charge in [0.15, 0.2) is 5.65 Å². The molecular weight excluding hydrogens is 272 g/mol. The lowest BCUT2D eigenvalue weighted by Gasteiger charge is -2.08. The van der Waals surface area contributed by atoms with Crippen LogP contribution in [0.2, 0.25) is 0 Å². The highest BCUT2D eigenvalue weighted by Gasteiger charge is 2.17. The van der Waals surface area contributed by atoms with Crippen LogP contribution in [0.25, 0.3) is 11.2 Å². The Bertz CT molecular complexity index is 630. The Morgan fingerprint density at radius 2 is 2.24 bits per heavy atom. The lowest BCUT2D eigenvalue weighted by Crippen LogP contribution is -2.28. The van der Waals surface area contributed by atoms with Gasteiger partial charge in [0, 0.05) is 33.2 Å². The van der Waals surface area contributed by atoms with Crippen LogP contribution in [0.15, 0.2) is 0 Å². The van der Waals surface area contributed by atoms with Crippen molar-refractivity contribution in [3.8, 4) is 0 Å². The molecule has 0 spiro atoms. The van der Waals surface area contributed by atoms with E-state index >= 15 is 0 Å². The smallest absolute Gasteiger partial charge is 0.221 e. The Labute approximate surface area is 123 Å². The maximum Gasteiger partial charge on any atom is 0.221 e. The molecule has 2 rings (SSSR count). The van der Waals surface area contributed by atoms with Crippen LogP contribution in [0.3, 0.4) is 0 Å². The first-order chi connectivity index (χ1) is 10.1. The van der Waals surface area contributed by atoms with Crippen molar-refractivity contribution in [2.45, 2.75) is 33.4 Å². The van der Waals surface area contributed by atoms with Gasteiger partial charge >= 0.3 is 0 Å². The number of methoxy groups -OCH3 is 1. The monoisotopic (exact) mass is 294 g/mol. The van der Waals surface area contributed by atoms with E-state index in [4.69, 9.17) is 10.5 Å². The number of aromatic nitrogens is 4. The number of nitrogens with zero attached hydrogens (tertiary/aromatic N) is 4. The number of nitrogens with one attached hydrogen (secondary N) is 1. The van der Waals surface area contributed by atoms with Gasteiger partial charge in [0.05, 0.1) is 12.3 Å². The molecule has 0 fully saturated rings. The minimum absolute atomic E-state index is 0.0346. The molecule has 2 aromatic rings. The summed E-state index contributed by atoms with van der Waals surface area (Å²) in [5.74, 6) is 0.380. The van der Waals surface area contributed by atoms with Crippen molar-refractivity contribution in [2.75, 3.05) is 26.0 Å². The molecule has 0 radical (unpaired) electrons. The van der Waals surface area contributed by atoms with E-state index in [9.17, 15) is 4.79 Å². The number of hydrogen-bond acceptors (Lipinski definition) is 5. The van der Waals surface area contributed by atoms with Gasteiger partial charge in [-0.25, -0.2) is 9.67 Å². The van der Waals surface area contributed by atoms with Crippen LogP contribution >= 0.6 is 0 Å². The quantitative estimate of drug-likeness (QED) is 0.715. The number of ether oxygens (including phenoxy) is 1. The molecule has 0 aliphatic heterocycles. The molecule has 21 heavy (non-hydrogen) atoms. The number of carbonyl (C=O) groups excluding carboxylic acids is 1. The summed E-state index contributed by atoms with van der Waals surface area (Å²) in [6.07, 6.45) is 0.341. The van der Waals surface area contributed by atoms with Gasteiger partial charge in [0.1, 0.15) is 5.52 Å². The number of nitrogens with two attached hydrogens (primary N) is 1. The van der Waals surface area contributed by atoms with Crippen LogP contribution in [0, 0.1) is 6.92 Å². The highest BCUT2D eigenvalue weighted by molar-refractivity contribution is 5.79. The van der Waals surface area contributed by atoms with Crippen molar-refractivity contribution in [3.63, 3.8) is 0 Å². The molecule has 0 atom stereocenters. The van der Waals surface area contributed by atoms with E-state index in [2.05, 4.69) is 15.4 Å². The van der Waals surface area contributed by atoms with Gasteiger partial charge in [-0.1, -0.05) is 0 Å². The molecule has 116 valence electrons. The second-order valence-electron chi connectivity index (χ2n) is 4.79. The van der Waals surface area contributed by atoms with E-state index in [1.807, 2.05) is 23.1 Å². The topological polar surface area (TPSA) is 100.0 Å². The molecule has 8 heteroatoms. The first-order valence-electron chi connectivity index (χ1n) is 7.03. The number of carbonyl (C=O) groups is 1.